The van der Waals surface area contributed by atoms with Crippen LogP contribution in [0.4, 0.5) is 0 Å². The number of benzene rings is 1. The summed E-state index contributed by atoms with van der Waals surface area (Å²) in [5.74, 6) is 0. The SMILES string of the molecule is CCN(C)CCNS(=O)(=O)c1ccc(CN)cc1Br. The number of nitrogens with two attached hydrogens (primary N) is 1. The van der Waals surface area contributed by atoms with Gasteiger partial charge >= 0.3 is 0 Å². The Kier molecular flexibility index (Phi) is 6.41. The molecule has 0 heterocycles. The van der Waals surface area contributed by atoms with Crippen molar-refractivity contribution < 1.29 is 8.42 Å². The molecule has 19 heavy (non-hydrogen) atoms. The molecule has 0 fully saturated rings. The van der Waals surface area contributed by atoms with Crippen molar-refractivity contribution in [3.05, 3.63) is 28.2 Å². The highest BCUT2D eigenvalue weighted by atomic mass is 79.9. The molecular weight excluding hydrogens is 330 g/mol. The second kappa shape index (κ2) is 7.35. The molecule has 1 aromatic carbocycles. The highest BCUT2D eigenvalue weighted by Gasteiger charge is 2.17. The number of nitrogens with zero attached hydrogens (tertiary/aromatic N) is 1. The monoisotopic (exact) mass is 349 g/mol. The van der Waals surface area contributed by atoms with Crippen molar-refractivity contribution in [2.24, 2.45) is 5.73 Å². The van der Waals surface area contributed by atoms with Crippen LogP contribution >= 0.6 is 15.9 Å². The first-order chi connectivity index (χ1) is 8.90. The number of hydrogen-bond donors (Lipinski definition) is 2. The highest BCUT2D eigenvalue weighted by Crippen LogP contribution is 2.22. The number of hydrogen-bond acceptors (Lipinski definition) is 4. The average molecular weight is 350 g/mol. The maximum absolute atomic E-state index is 12.1. The van der Waals surface area contributed by atoms with Gasteiger partial charge in [0.15, 0.2) is 0 Å². The van der Waals surface area contributed by atoms with E-state index in [1.807, 2.05) is 18.9 Å². The first kappa shape index (κ1) is 16.6. The van der Waals surface area contributed by atoms with Crippen molar-refractivity contribution in [1.82, 2.24) is 9.62 Å². The second-order valence-corrected chi connectivity index (χ2v) is 6.85. The Hall–Kier alpha value is -0.470. The molecule has 1 rings (SSSR count). The number of likely N-dealkylation sites (N-methyl/N-ethyl adjacent to an activating group) is 1. The third kappa shape index (κ3) is 4.85. The van der Waals surface area contributed by atoms with Gasteiger partial charge in [-0.3, -0.25) is 0 Å². The van der Waals surface area contributed by atoms with E-state index in [1.165, 1.54) is 0 Å². The van der Waals surface area contributed by atoms with Crippen LogP contribution in [0.5, 0.6) is 0 Å². The molecule has 1 aromatic rings. The van der Waals surface area contributed by atoms with Crippen LogP contribution in [0.1, 0.15) is 12.5 Å². The zero-order valence-electron chi connectivity index (χ0n) is 11.2. The van der Waals surface area contributed by atoms with E-state index in [0.29, 0.717) is 24.1 Å². The molecule has 0 radical (unpaired) electrons. The maximum atomic E-state index is 12.1. The first-order valence-corrected chi connectivity index (χ1v) is 8.35. The van der Waals surface area contributed by atoms with E-state index < -0.39 is 10.0 Å². The highest BCUT2D eigenvalue weighted by molar-refractivity contribution is 9.10. The minimum atomic E-state index is -3.48. The molecule has 0 saturated heterocycles. The van der Waals surface area contributed by atoms with Gasteiger partial charge in [0.2, 0.25) is 10.0 Å². The lowest BCUT2D eigenvalue weighted by molar-refractivity contribution is 0.358. The maximum Gasteiger partial charge on any atom is 0.241 e. The Morgan fingerprint density at radius 3 is 2.63 bits per heavy atom. The van der Waals surface area contributed by atoms with E-state index >= 15 is 0 Å². The fraction of sp³-hybridized carbons (Fsp3) is 0.500. The van der Waals surface area contributed by atoms with Crippen LogP contribution in [-0.2, 0) is 16.6 Å². The Bertz CT molecular complexity index is 520. The van der Waals surface area contributed by atoms with E-state index in [2.05, 4.69) is 20.7 Å². The summed E-state index contributed by atoms with van der Waals surface area (Å²) in [6.45, 7) is 4.35. The van der Waals surface area contributed by atoms with Crippen LogP contribution in [0, 0.1) is 0 Å². The number of halogens is 1. The quantitative estimate of drug-likeness (QED) is 0.773. The van der Waals surface area contributed by atoms with Crippen molar-refractivity contribution in [2.75, 3.05) is 26.7 Å². The predicted octanol–water partition coefficient (Wildman–Crippen LogP) is 1.14. The van der Waals surface area contributed by atoms with Crippen LogP contribution in [0.15, 0.2) is 27.6 Å². The lowest BCUT2D eigenvalue weighted by atomic mass is 10.2. The molecule has 0 saturated carbocycles. The first-order valence-electron chi connectivity index (χ1n) is 6.07. The van der Waals surface area contributed by atoms with Crippen LogP contribution < -0.4 is 10.5 Å². The van der Waals surface area contributed by atoms with Gasteiger partial charge in [-0.05, 0) is 47.2 Å². The van der Waals surface area contributed by atoms with Gasteiger partial charge in [0.25, 0.3) is 0 Å². The fourth-order valence-corrected chi connectivity index (χ4v) is 3.64. The number of nitrogens with one attached hydrogen (secondary N) is 1. The zero-order valence-corrected chi connectivity index (χ0v) is 13.6. The molecule has 5 nitrogen and oxygen atoms in total. The van der Waals surface area contributed by atoms with Gasteiger partial charge in [-0.1, -0.05) is 13.0 Å². The zero-order chi connectivity index (χ0) is 14.5. The van der Waals surface area contributed by atoms with Gasteiger partial charge in [0.05, 0.1) is 4.90 Å². The molecule has 0 atom stereocenters. The molecule has 0 aromatic heterocycles. The summed E-state index contributed by atoms with van der Waals surface area (Å²) >= 11 is 3.27. The van der Waals surface area contributed by atoms with E-state index in [9.17, 15) is 8.42 Å². The number of rotatable bonds is 7. The largest absolute Gasteiger partial charge is 0.326 e. The molecule has 3 N–H and O–H groups in total. The van der Waals surface area contributed by atoms with Gasteiger partial charge in [-0.25, -0.2) is 13.1 Å². The Morgan fingerprint density at radius 2 is 2.11 bits per heavy atom. The molecule has 108 valence electrons. The van der Waals surface area contributed by atoms with Crippen molar-refractivity contribution in [1.29, 1.82) is 0 Å². The molecule has 0 bridgehead atoms. The van der Waals surface area contributed by atoms with Crippen molar-refractivity contribution >= 4 is 26.0 Å². The van der Waals surface area contributed by atoms with Crippen molar-refractivity contribution in [3.8, 4) is 0 Å². The van der Waals surface area contributed by atoms with Crippen molar-refractivity contribution in [3.63, 3.8) is 0 Å². The summed E-state index contributed by atoms with van der Waals surface area (Å²) in [6.07, 6.45) is 0. The fourth-order valence-electron chi connectivity index (χ4n) is 1.50. The topological polar surface area (TPSA) is 75.4 Å². The third-order valence-electron chi connectivity index (χ3n) is 2.85. The van der Waals surface area contributed by atoms with E-state index in [1.54, 1.807) is 18.2 Å². The standard InChI is InChI=1S/C12H20BrN3O2S/c1-3-16(2)7-6-15-19(17,18)12-5-4-10(9-14)8-11(12)13/h4-5,8,15H,3,6-7,9,14H2,1-2H3. The molecule has 0 aliphatic heterocycles. The molecule has 0 aliphatic carbocycles. The van der Waals surface area contributed by atoms with Gasteiger partial charge in [0.1, 0.15) is 0 Å². The molecule has 0 aliphatic rings. The van der Waals surface area contributed by atoms with Crippen LogP contribution in [0.25, 0.3) is 0 Å². The Morgan fingerprint density at radius 1 is 1.42 bits per heavy atom. The molecule has 0 amide bonds. The van der Waals surface area contributed by atoms with E-state index in [0.717, 1.165) is 12.1 Å². The molecule has 7 heteroatoms. The predicted molar refractivity (Wildman–Crippen MR) is 80.4 cm³/mol. The summed E-state index contributed by atoms with van der Waals surface area (Å²) in [5, 5.41) is 0. The Balaban J connectivity index is 2.77. The summed E-state index contributed by atoms with van der Waals surface area (Å²) in [7, 11) is -1.54. The van der Waals surface area contributed by atoms with Crippen LogP contribution in [-0.4, -0.2) is 40.0 Å². The lowest BCUT2D eigenvalue weighted by Gasteiger charge is -2.14. The lowest BCUT2D eigenvalue weighted by Crippen LogP contribution is -2.33. The summed E-state index contributed by atoms with van der Waals surface area (Å²) < 4.78 is 27.4. The average Bonchev–Trinajstić information content (AvgIpc) is 2.37. The van der Waals surface area contributed by atoms with Crippen molar-refractivity contribution in [2.45, 2.75) is 18.4 Å². The van der Waals surface area contributed by atoms with Gasteiger partial charge in [-0.15, -0.1) is 0 Å². The summed E-state index contributed by atoms with van der Waals surface area (Å²) in [5.41, 5.74) is 6.40. The summed E-state index contributed by atoms with van der Waals surface area (Å²) in [4.78, 5) is 2.28. The molecule has 0 spiro atoms. The van der Waals surface area contributed by atoms with Crippen LogP contribution in [0.2, 0.25) is 0 Å². The van der Waals surface area contributed by atoms with E-state index in [-0.39, 0.29) is 4.90 Å². The number of sulfonamides is 1. The minimum Gasteiger partial charge on any atom is -0.326 e. The third-order valence-corrected chi connectivity index (χ3v) is 5.28. The van der Waals surface area contributed by atoms with Gasteiger partial charge < -0.3 is 10.6 Å². The van der Waals surface area contributed by atoms with Crippen LogP contribution in [0.3, 0.4) is 0 Å². The van der Waals surface area contributed by atoms with Gasteiger partial charge in [-0.2, -0.15) is 0 Å². The second-order valence-electron chi connectivity index (χ2n) is 4.26. The van der Waals surface area contributed by atoms with Gasteiger partial charge in [0, 0.05) is 24.1 Å². The molecular formula is C12H20BrN3O2S. The normalized spacial score (nSPS) is 12.1. The summed E-state index contributed by atoms with van der Waals surface area (Å²) in [6, 6.07) is 5.02. The molecule has 0 unspecified atom stereocenters. The minimum absolute atomic E-state index is 0.240. The smallest absolute Gasteiger partial charge is 0.241 e. The van der Waals surface area contributed by atoms with E-state index in [4.69, 9.17) is 5.73 Å². The Labute approximate surface area is 123 Å².